The van der Waals surface area contributed by atoms with E-state index in [0.717, 1.165) is 12.1 Å². The first-order valence-corrected chi connectivity index (χ1v) is 12.1. The molecule has 3 aliphatic carbocycles. The van der Waals surface area contributed by atoms with Crippen molar-refractivity contribution in [2.24, 2.45) is 17.6 Å². The van der Waals surface area contributed by atoms with Crippen LogP contribution in [0.2, 0.25) is 0 Å². The minimum atomic E-state index is -2.92. The molecule has 0 spiro atoms. The zero-order valence-corrected chi connectivity index (χ0v) is 21.2. The molecule has 0 radical (unpaired) electrons. The summed E-state index contributed by atoms with van der Waals surface area (Å²) in [7, 11) is 2.79. The van der Waals surface area contributed by atoms with Crippen molar-refractivity contribution in [3.05, 3.63) is 69.3 Å². The van der Waals surface area contributed by atoms with Crippen molar-refractivity contribution in [1.29, 1.82) is 0 Å². The van der Waals surface area contributed by atoms with Crippen molar-refractivity contribution in [2.75, 3.05) is 14.1 Å². The maximum atomic E-state index is 14.8. The highest BCUT2D eigenvalue weighted by molar-refractivity contribution is 6.24. The van der Waals surface area contributed by atoms with Gasteiger partial charge in [-0.15, -0.1) is 0 Å². The van der Waals surface area contributed by atoms with Crippen LogP contribution in [0.25, 0.3) is 16.9 Å². The standard InChI is InChI=1S/C27H21F5N2O7/c1-34(2)21-10-6-7-5-9-8(14-16(28)18(30)20(32)19(31)17(14)29)3-4-11(35)13(9)22(36)12(7)24(38)27(10,41)25(39)15(23(21)37)26(33)40/h3-4,7,10,21,35-36,39,41H,5-6H2,1-2H3,(H2,33,40)/t7?,10?,21-,27-/m0/s1. The number of fused-ring (bicyclic) bond motifs is 3. The lowest BCUT2D eigenvalue weighted by Crippen LogP contribution is -2.65. The van der Waals surface area contributed by atoms with Crippen LogP contribution in [0.1, 0.15) is 17.5 Å². The third-order valence-electron chi connectivity index (χ3n) is 8.08. The van der Waals surface area contributed by atoms with Crippen molar-refractivity contribution >= 4 is 23.2 Å². The van der Waals surface area contributed by atoms with Gasteiger partial charge in [0.25, 0.3) is 5.91 Å². The predicted molar refractivity (Wildman–Crippen MR) is 129 cm³/mol. The summed E-state index contributed by atoms with van der Waals surface area (Å²) >= 11 is 0. The number of ketones is 2. The molecule has 9 nitrogen and oxygen atoms in total. The number of amides is 1. The number of carbonyl (C=O) groups is 3. The highest BCUT2D eigenvalue weighted by atomic mass is 19.2. The second-order valence-electron chi connectivity index (χ2n) is 10.4. The minimum Gasteiger partial charge on any atom is -0.508 e. The summed E-state index contributed by atoms with van der Waals surface area (Å²) in [6, 6.07) is 0.302. The molecule has 2 aromatic rings. The Hall–Kier alpha value is -4.30. The number of nitrogens with two attached hydrogens (primary N) is 1. The highest BCUT2D eigenvalue weighted by Crippen LogP contribution is 2.54. The van der Waals surface area contributed by atoms with Gasteiger partial charge in [0.1, 0.15) is 22.8 Å². The smallest absolute Gasteiger partial charge is 0.255 e. The number of phenolic OH excluding ortho intramolecular Hbond substituents is 1. The number of Topliss-reactive ketones (excluding diaryl/α,β-unsaturated/α-hetero) is 2. The van der Waals surface area contributed by atoms with E-state index in [9.17, 15) is 56.8 Å². The molecule has 216 valence electrons. The monoisotopic (exact) mass is 580 g/mol. The number of likely N-dealkylation sites (N-methyl/N-ethyl adjacent to an activating group) is 1. The van der Waals surface area contributed by atoms with Crippen molar-refractivity contribution in [3.8, 4) is 16.9 Å². The SMILES string of the molecule is CN(C)[C@@H]1C(=O)C(C(N)=O)=C(O)[C@@]2(O)C(=O)C3=C(O)c4c(O)ccc(-c5c(F)c(F)c(F)c(F)c5F)c4CC3CC12. The Kier molecular flexibility index (Phi) is 6.27. The van der Waals surface area contributed by atoms with E-state index in [1.807, 2.05) is 0 Å². The van der Waals surface area contributed by atoms with Gasteiger partial charge in [0.2, 0.25) is 11.6 Å². The molecule has 0 aromatic heterocycles. The Morgan fingerprint density at radius 2 is 1.51 bits per heavy atom. The average molecular weight is 580 g/mol. The highest BCUT2D eigenvalue weighted by Gasteiger charge is 2.64. The van der Waals surface area contributed by atoms with Crippen LogP contribution in [0, 0.1) is 40.9 Å². The van der Waals surface area contributed by atoms with E-state index in [-0.39, 0.29) is 12.0 Å². The van der Waals surface area contributed by atoms with Gasteiger partial charge >= 0.3 is 0 Å². The van der Waals surface area contributed by atoms with E-state index < -0.39 is 122 Å². The van der Waals surface area contributed by atoms with Crippen molar-refractivity contribution < 1.29 is 56.8 Å². The molecule has 1 fully saturated rings. The largest absolute Gasteiger partial charge is 0.508 e. The lowest BCUT2D eigenvalue weighted by atomic mass is 9.57. The van der Waals surface area contributed by atoms with E-state index in [4.69, 9.17) is 5.73 Å². The van der Waals surface area contributed by atoms with E-state index in [1.165, 1.54) is 19.0 Å². The molecule has 0 saturated heterocycles. The maximum Gasteiger partial charge on any atom is 0.255 e. The summed E-state index contributed by atoms with van der Waals surface area (Å²) in [6.07, 6.45) is -0.782. The molecule has 2 unspecified atom stereocenters. The number of rotatable bonds is 3. The number of aromatic hydroxyl groups is 1. The van der Waals surface area contributed by atoms with Crippen molar-refractivity contribution in [1.82, 2.24) is 4.90 Å². The summed E-state index contributed by atoms with van der Waals surface area (Å²) in [5.74, 6) is -20.5. The van der Waals surface area contributed by atoms with Crippen LogP contribution in [0.4, 0.5) is 22.0 Å². The first kappa shape index (κ1) is 28.2. The third-order valence-corrected chi connectivity index (χ3v) is 8.08. The molecule has 5 rings (SSSR count). The normalized spacial score (nSPS) is 25.8. The van der Waals surface area contributed by atoms with Crippen molar-refractivity contribution in [2.45, 2.75) is 24.5 Å². The number of hydrogen-bond acceptors (Lipinski definition) is 8. The number of phenols is 1. The summed E-state index contributed by atoms with van der Waals surface area (Å²) in [5, 5.41) is 44.1. The molecule has 14 heteroatoms. The number of carbonyl (C=O) groups excluding carboxylic acids is 3. The van der Waals surface area contributed by atoms with Crippen LogP contribution in [0.15, 0.2) is 29.0 Å². The van der Waals surface area contributed by atoms with Crippen LogP contribution >= 0.6 is 0 Å². The second kappa shape index (κ2) is 9.11. The summed E-state index contributed by atoms with van der Waals surface area (Å²) < 4.78 is 71.4. The van der Waals surface area contributed by atoms with Gasteiger partial charge in [0.05, 0.1) is 17.2 Å². The fourth-order valence-electron chi connectivity index (χ4n) is 6.32. The number of aliphatic hydroxyl groups excluding tert-OH is 2. The zero-order chi connectivity index (χ0) is 30.5. The van der Waals surface area contributed by atoms with Gasteiger partial charge in [-0.2, -0.15) is 0 Å². The second-order valence-corrected chi connectivity index (χ2v) is 10.4. The van der Waals surface area contributed by atoms with Crippen LogP contribution in [0.5, 0.6) is 5.75 Å². The van der Waals surface area contributed by atoms with E-state index in [2.05, 4.69) is 0 Å². The molecule has 3 aliphatic rings. The van der Waals surface area contributed by atoms with Crippen molar-refractivity contribution in [3.63, 3.8) is 0 Å². The molecule has 0 heterocycles. The third kappa shape index (κ3) is 3.56. The van der Waals surface area contributed by atoms with Gasteiger partial charge in [-0.3, -0.25) is 19.3 Å². The van der Waals surface area contributed by atoms with Crippen LogP contribution < -0.4 is 5.73 Å². The number of hydrogen-bond donors (Lipinski definition) is 5. The molecule has 0 bridgehead atoms. The van der Waals surface area contributed by atoms with Gasteiger partial charge in [0, 0.05) is 11.5 Å². The zero-order valence-electron chi connectivity index (χ0n) is 21.2. The fourth-order valence-corrected chi connectivity index (χ4v) is 6.32. The fraction of sp³-hybridized carbons (Fsp3) is 0.296. The molecule has 1 saturated carbocycles. The van der Waals surface area contributed by atoms with Gasteiger partial charge in [-0.1, -0.05) is 6.07 Å². The summed E-state index contributed by atoms with van der Waals surface area (Å²) in [6.45, 7) is 0. The maximum absolute atomic E-state index is 14.8. The average Bonchev–Trinajstić information content (AvgIpc) is 2.89. The van der Waals surface area contributed by atoms with Crippen LogP contribution in [-0.2, 0) is 20.8 Å². The Labute approximate surface area is 227 Å². The first-order chi connectivity index (χ1) is 19.1. The molecule has 2 aromatic carbocycles. The number of halogens is 5. The number of benzene rings is 2. The van der Waals surface area contributed by atoms with Crippen LogP contribution in [0.3, 0.4) is 0 Å². The van der Waals surface area contributed by atoms with Gasteiger partial charge in [0.15, 0.2) is 34.7 Å². The van der Waals surface area contributed by atoms with E-state index in [1.54, 1.807) is 0 Å². The molecule has 6 N–H and O–H groups in total. The molecule has 0 aliphatic heterocycles. The Morgan fingerprint density at radius 1 is 0.951 bits per heavy atom. The van der Waals surface area contributed by atoms with E-state index >= 15 is 0 Å². The molecule has 41 heavy (non-hydrogen) atoms. The van der Waals surface area contributed by atoms with Gasteiger partial charge in [-0.05, 0) is 50.0 Å². The van der Waals surface area contributed by atoms with E-state index in [0.29, 0.717) is 0 Å². The lowest BCUT2D eigenvalue weighted by Gasteiger charge is -2.50. The number of aliphatic hydroxyl groups is 3. The quantitative estimate of drug-likeness (QED) is 0.160. The Morgan fingerprint density at radius 3 is 2.05 bits per heavy atom. The Balaban J connectivity index is 1.79. The molecule has 1 amide bonds. The number of nitrogens with zero attached hydrogens (tertiary/aromatic N) is 1. The lowest BCUT2D eigenvalue weighted by molar-refractivity contribution is -0.153. The van der Waals surface area contributed by atoms with Gasteiger partial charge in [-0.25, -0.2) is 22.0 Å². The molecular formula is C27H21F5N2O7. The topological polar surface area (TPSA) is 161 Å². The molecular weight excluding hydrogens is 559 g/mol. The minimum absolute atomic E-state index is 0.279. The van der Waals surface area contributed by atoms with Gasteiger partial charge < -0.3 is 26.2 Å². The predicted octanol–water partition coefficient (Wildman–Crippen LogP) is 2.33. The summed E-state index contributed by atoms with van der Waals surface area (Å²) in [5.41, 5.74) is -2.00. The number of primary amides is 1. The molecule has 4 atom stereocenters. The summed E-state index contributed by atoms with van der Waals surface area (Å²) in [4.78, 5) is 40.2. The van der Waals surface area contributed by atoms with Crippen LogP contribution in [-0.4, -0.2) is 68.5 Å². The first-order valence-electron chi connectivity index (χ1n) is 12.1. The Bertz CT molecular complexity index is 1640.